The molecule has 1 heterocycles. The zero-order valence-corrected chi connectivity index (χ0v) is 11.3. The molecular weight excluding hydrogens is 244 g/mol. The van der Waals surface area contributed by atoms with E-state index in [2.05, 4.69) is 10.3 Å². The molecule has 2 N–H and O–H groups in total. The Labute approximate surface area is 112 Å². The maximum Gasteiger partial charge on any atom is 0.307 e. The molecule has 0 spiro atoms. The first-order valence-corrected chi connectivity index (χ1v) is 6.29. The van der Waals surface area contributed by atoms with Crippen molar-refractivity contribution in [2.24, 2.45) is 17.3 Å². The summed E-state index contributed by atoms with van der Waals surface area (Å²) in [6.07, 6.45) is 3.33. The van der Waals surface area contributed by atoms with Gasteiger partial charge in [0.15, 0.2) is 0 Å². The van der Waals surface area contributed by atoms with Crippen molar-refractivity contribution in [3.63, 3.8) is 0 Å². The summed E-state index contributed by atoms with van der Waals surface area (Å²) >= 11 is 0. The van der Waals surface area contributed by atoms with Crippen LogP contribution in [-0.2, 0) is 9.59 Å². The van der Waals surface area contributed by atoms with Crippen LogP contribution in [0.3, 0.4) is 0 Å². The van der Waals surface area contributed by atoms with Gasteiger partial charge in [-0.25, -0.2) is 0 Å². The number of hydrogen-bond donors (Lipinski definition) is 2. The third-order valence-electron chi connectivity index (χ3n) is 3.94. The first-order valence-electron chi connectivity index (χ1n) is 6.29. The first kappa shape index (κ1) is 13.5. The second-order valence-corrected chi connectivity index (χ2v) is 5.63. The lowest BCUT2D eigenvalue weighted by Gasteiger charge is -2.14. The minimum absolute atomic E-state index is 0.152. The zero-order chi connectivity index (χ0) is 14.2. The largest absolute Gasteiger partial charge is 0.481 e. The number of aromatic nitrogens is 1. The third kappa shape index (κ3) is 2.45. The Morgan fingerprint density at radius 3 is 2.37 bits per heavy atom. The van der Waals surface area contributed by atoms with Gasteiger partial charge in [-0.05, 0) is 30.0 Å². The number of rotatable bonds is 4. The lowest BCUT2D eigenvalue weighted by molar-refractivity contribution is -0.140. The van der Waals surface area contributed by atoms with Gasteiger partial charge in [0.1, 0.15) is 0 Å². The van der Waals surface area contributed by atoms with Crippen molar-refractivity contribution in [2.75, 3.05) is 0 Å². The van der Waals surface area contributed by atoms with Gasteiger partial charge in [-0.15, -0.1) is 0 Å². The van der Waals surface area contributed by atoms with Gasteiger partial charge in [0.05, 0.1) is 17.9 Å². The van der Waals surface area contributed by atoms with E-state index in [0.717, 1.165) is 5.56 Å². The second-order valence-electron chi connectivity index (χ2n) is 5.63. The minimum atomic E-state index is -0.901. The number of carbonyl (C=O) groups is 2. The molecule has 1 aliphatic rings. The van der Waals surface area contributed by atoms with Crippen LogP contribution in [0, 0.1) is 17.3 Å². The van der Waals surface area contributed by atoms with E-state index >= 15 is 0 Å². The third-order valence-corrected chi connectivity index (χ3v) is 3.94. The molecule has 1 unspecified atom stereocenters. The highest BCUT2D eigenvalue weighted by molar-refractivity contribution is 5.91. The fourth-order valence-corrected chi connectivity index (χ4v) is 2.63. The van der Waals surface area contributed by atoms with Crippen LogP contribution in [0.5, 0.6) is 0 Å². The average Bonchev–Trinajstić information content (AvgIpc) is 2.93. The molecule has 0 bridgehead atoms. The zero-order valence-electron chi connectivity index (χ0n) is 11.3. The van der Waals surface area contributed by atoms with Gasteiger partial charge in [-0.1, -0.05) is 13.8 Å². The Hall–Kier alpha value is -1.91. The molecule has 5 nitrogen and oxygen atoms in total. The van der Waals surface area contributed by atoms with Crippen molar-refractivity contribution in [3.05, 3.63) is 30.1 Å². The number of nitrogens with zero attached hydrogens (tertiary/aromatic N) is 1. The fraction of sp³-hybridized carbons (Fsp3) is 0.500. The number of carboxylic acids is 1. The molecule has 19 heavy (non-hydrogen) atoms. The molecule has 5 heteroatoms. The number of pyridine rings is 1. The molecule has 102 valence electrons. The lowest BCUT2D eigenvalue weighted by Crippen LogP contribution is -2.30. The van der Waals surface area contributed by atoms with Crippen LogP contribution >= 0.6 is 0 Å². The number of carboxylic acid groups (broad SMARTS) is 1. The molecule has 3 atom stereocenters. The maximum atomic E-state index is 12.1. The Balaban J connectivity index is 2.02. The quantitative estimate of drug-likeness (QED) is 0.864. The van der Waals surface area contributed by atoms with Gasteiger partial charge in [0, 0.05) is 12.4 Å². The van der Waals surface area contributed by atoms with Gasteiger partial charge in [0.2, 0.25) is 5.91 Å². The minimum Gasteiger partial charge on any atom is -0.481 e. The number of amides is 1. The van der Waals surface area contributed by atoms with Gasteiger partial charge in [0.25, 0.3) is 0 Å². The Morgan fingerprint density at radius 2 is 1.89 bits per heavy atom. The molecule has 1 saturated carbocycles. The van der Waals surface area contributed by atoms with E-state index in [1.165, 1.54) is 0 Å². The van der Waals surface area contributed by atoms with Crippen LogP contribution in [0.15, 0.2) is 24.5 Å². The number of aliphatic carboxylic acids is 1. The highest BCUT2D eigenvalue weighted by atomic mass is 16.4. The molecule has 1 amide bonds. The first-order chi connectivity index (χ1) is 8.85. The topological polar surface area (TPSA) is 79.3 Å². The smallest absolute Gasteiger partial charge is 0.307 e. The summed E-state index contributed by atoms with van der Waals surface area (Å²) in [5, 5.41) is 11.9. The van der Waals surface area contributed by atoms with E-state index in [1.54, 1.807) is 12.4 Å². The van der Waals surface area contributed by atoms with Gasteiger partial charge in [-0.2, -0.15) is 0 Å². The normalized spacial score (nSPS) is 25.4. The van der Waals surface area contributed by atoms with Gasteiger partial charge in [-0.3, -0.25) is 14.6 Å². The number of nitrogens with one attached hydrogen (secondary N) is 1. The predicted octanol–water partition coefficient (Wildman–Crippen LogP) is 1.62. The van der Waals surface area contributed by atoms with Crippen molar-refractivity contribution in [2.45, 2.75) is 26.8 Å². The second kappa shape index (κ2) is 4.64. The molecule has 0 aromatic carbocycles. The molecule has 0 saturated heterocycles. The van der Waals surface area contributed by atoms with E-state index < -0.39 is 23.2 Å². The Morgan fingerprint density at radius 1 is 1.32 bits per heavy atom. The van der Waals surface area contributed by atoms with Crippen molar-refractivity contribution >= 4 is 11.9 Å². The molecule has 0 aliphatic heterocycles. The maximum absolute atomic E-state index is 12.1. The van der Waals surface area contributed by atoms with Crippen molar-refractivity contribution in [3.8, 4) is 0 Å². The van der Waals surface area contributed by atoms with E-state index in [0.29, 0.717) is 0 Å². The molecule has 1 aliphatic carbocycles. The summed E-state index contributed by atoms with van der Waals surface area (Å²) in [6, 6.07) is 3.51. The van der Waals surface area contributed by atoms with Crippen LogP contribution in [0.4, 0.5) is 0 Å². The Bertz CT molecular complexity index is 499. The van der Waals surface area contributed by atoms with E-state index in [1.807, 2.05) is 32.9 Å². The van der Waals surface area contributed by atoms with Crippen LogP contribution in [0.2, 0.25) is 0 Å². The van der Waals surface area contributed by atoms with Crippen molar-refractivity contribution in [1.29, 1.82) is 0 Å². The van der Waals surface area contributed by atoms with Crippen LogP contribution in [0.25, 0.3) is 0 Å². The molecule has 1 aromatic rings. The fourth-order valence-electron chi connectivity index (χ4n) is 2.63. The van der Waals surface area contributed by atoms with Crippen molar-refractivity contribution in [1.82, 2.24) is 10.3 Å². The van der Waals surface area contributed by atoms with E-state index in [4.69, 9.17) is 5.11 Å². The summed E-state index contributed by atoms with van der Waals surface area (Å²) in [7, 11) is 0. The number of carbonyl (C=O) groups excluding carboxylic acids is 1. The molecule has 1 fully saturated rings. The molecule has 2 rings (SSSR count). The summed E-state index contributed by atoms with van der Waals surface area (Å²) < 4.78 is 0. The Kier molecular flexibility index (Phi) is 3.30. The predicted molar refractivity (Wildman–Crippen MR) is 69.2 cm³/mol. The molecule has 1 aromatic heterocycles. The van der Waals surface area contributed by atoms with Crippen LogP contribution < -0.4 is 5.32 Å². The van der Waals surface area contributed by atoms with Gasteiger partial charge >= 0.3 is 5.97 Å². The van der Waals surface area contributed by atoms with Gasteiger partial charge < -0.3 is 10.4 Å². The number of hydrogen-bond acceptors (Lipinski definition) is 3. The van der Waals surface area contributed by atoms with E-state index in [-0.39, 0.29) is 11.9 Å². The van der Waals surface area contributed by atoms with Crippen LogP contribution in [0.1, 0.15) is 32.4 Å². The standard InChI is InChI=1S/C14H18N2O3/c1-8(9-4-6-15-7-5-9)16-12(17)10-11(13(18)19)14(10,2)3/h4-8,10-11H,1-3H3,(H,16,17)(H,18,19)/t8?,10-,11+/m1/s1. The average molecular weight is 262 g/mol. The van der Waals surface area contributed by atoms with Crippen LogP contribution in [-0.4, -0.2) is 22.0 Å². The SMILES string of the molecule is CC(NC(=O)[C@H]1[C@@H](C(=O)O)C1(C)C)c1ccncc1. The summed E-state index contributed by atoms with van der Waals surface area (Å²) in [6.45, 7) is 5.50. The highest BCUT2D eigenvalue weighted by Gasteiger charge is 2.65. The van der Waals surface area contributed by atoms with E-state index in [9.17, 15) is 9.59 Å². The highest BCUT2D eigenvalue weighted by Crippen LogP contribution is 2.58. The summed E-state index contributed by atoms with van der Waals surface area (Å²) in [5.74, 6) is -2.13. The summed E-state index contributed by atoms with van der Waals surface area (Å²) in [5.41, 5.74) is 0.488. The van der Waals surface area contributed by atoms with Crippen molar-refractivity contribution < 1.29 is 14.7 Å². The lowest BCUT2D eigenvalue weighted by atomic mass is 10.1. The molecular formula is C14H18N2O3. The monoisotopic (exact) mass is 262 g/mol. The summed E-state index contributed by atoms with van der Waals surface area (Å²) in [4.78, 5) is 27.1. The molecule has 0 radical (unpaired) electrons.